The normalized spacial score (nSPS) is 12.6. The molecule has 0 heterocycles. The molecule has 0 saturated carbocycles. The van der Waals surface area contributed by atoms with Crippen LogP contribution in [0.3, 0.4) is 0 Å². The summed E-state index contributed by atoms with van der Waals surface area (Å²) in [4.78, 5) is -0.295. The highest BCUT2D eigenvalue weighted by Crippen LogP contribution is 2.35. The van der Waals surface area contributed by atoms with Crippen molar-refractivity contribution in [1.29, 1.82) is 0 Å². The van der Waals surface area contributed by atoms with E-state index in [-0.39, 0.29) is 10.3 Å². The Morgan fingerprint density at radius 2 is 1.59 bits per heavy atom. The van der Waals surface area contributed by atoms with Gasteiger partial charge in [0.1, 0.15) is 0 Å². The molecule has 0 fully saturated rings. The van der Waals surface area contributed by atoms with E-state index < -0.39 is 0 Å². The Labute approximate surface area is 111 Å². The van der Waals surface area contributed by atoms with Crippen LogP contribution in [0.5, 0.6) is 0 Å². The molecule has 1 rings (SSSR count). The van der Waals surface area contributed by atoms with Gasteiger partial charge in [0, 0.05) is 5.41 Å². The zero-order valence-corrected chi connectivity index (χ0v) is 12.7. The van der Waals surface area contributed by atoms with Crippen molar-refractivity contribution >= 4 is 11.6 Å². The molecule has 1 aromatic rings. The lowest BCUT2D eigenvalue weighted by atomic mass is 9.77. The molecule has 1 heteroatoms. The maximum Gasteiger partial charge on any atom is 0.0985 e. The highest BCUT2D eigenvalue weighted by atomic mass is 35.5. The summed E-state index contributed by atoms with van der Waals surface area (Å²) in [7, 11) is 0. The summed E-state index contributed by atoms with van der Waals surface area (Å²) in [6, 6.07) is 8.67. The Bertz CT molecular complexity index is 369. The first-order valence-corrected chi connectivity index (χ1v) is 6.60. The van der Waals surface area contributed by atoms with Crippen molar-refractivity contribution in [2.24, 2.45) is 0 Å². The smallest absolute Gasteiger partial charge is 0.0985 e. The number of hydrogen-bond acceptors (Lipinski definition) is 0. The van der Waals surface area contributed by atoms with Crippen molar-refractivity contribution in [3.63, 3.8) is 0 Å². The van der Waals surface area contributed by atoms with Crippen LogP contribution in [0, 0.1) is 5.92 Å². The summed E-state index contributed by atoms with van der Waals surface area (Å²) in [6.45, 7) is 13.0. The summed E-state index contributed by atoms with van der Waals surface area (Å²) in [5.41, 5.74) is 2.74. The second kappa shape index (κ2) is 4.94. The summed E-state index contributed by atoms with van der Waals surface area (Å²) in [5, 5.41) is 0. The van der Waals surface area contributed by atoms with Crippen LogP contribution in [0.25, 0.3) is 0 Å². The van der Waals surface area contributed by atoms with E-state index in [1.165, 1.54) is 17.0 Å². The molecule has 0 spiro atoms. The first kappa shape index (κ1) is 14.4. The van der Waals surface area contributed by atoms with Crippen molar-refractivity contribution in [2.45, 2.75) is 58.3 Å². The molecule has 0 aliphatic heterocycles. The van der Waals surface area contributed by atoms with Crippen molar-refractivity contribution in [2.75, 3.05) is 0 Å². The second-order valence-corrected chi connectivity index (χ2v) is 7.27. The minimum Gasteiger partial charge on any atom is -0.115 e. The van der Waals surface area contributed by atoms with Crippen LogP contribution in [-0.2, 0) is 10.3 Å². The van der Waals surface area contributed by atoms with Crippen LogP contribution in [0.4, 0.5) is 0 Å². The standard InChI is InChI=1S/C16H24Cl/c1-12(2)11-15(3,4)13-8-7-9-14(10-13)16(5,6)17/h7-10H,11H2,1-6H3/q+1. The van der Waals surface area contributed by atoms with Crippen LogP contribution in [-0.4, -0.2) is 0 Å². The summed E-state index contributed by atoms with van der Waals surface area (Å²) in [5.74, 6) is 1.46. The van der Waals surface area contributed by atoms with Crippen molar-refractivity contribution in [1.82, 2.24) is 0 Å². The van der Waals surface area contributed by atoms with Crippen LogP contribution in [0.2, 0.25) is 0 Å². The fraction of sp³-hybridized carbons (Fsp3) is 0.562. The quantitative estimate of drug-likeness (QED) is 0.494. The van der Waals surface area contributed by atoms with Gasteiger partial charge in [-0.1, -0.05) is 38.1 Å². The highest BCUT2D eigenvalue weighted by Gasteiger charge is 2.28. The molecular formula is C16H24Cl+. The molecule has 0 bridgehead atoms. The number of rotatable bonds is 4. The molecule has 1 aromatic carbocycles. The number of benzene rings is 1. The van der Waals surface area contributed by atoms with Crippen LogP contribution in [0.15, 0.2) is 24.3 Å². The van der Waals surface area contributed by atoms with E-state index in [1.807, 2.05) is 13.8 Å². The minimum absolute atomic E-state index is 0.178. The van der Waals surface area contributed by atoms with Gasteiger partial charge in [-0.05, 0) is 25.0 Å². The van der Waals surface area contributed by atoms with Gasteiger partial charge in [-0.3, -0.25) is 0 Å². The fourth-order valence-corrected chi connectivity index (χ4v) is 2.41. The third-order valence-electron chi connectivity index (χ3n) is 3.13. The van der Waals surface area contributed by atoms with E-state index in [0.29, 0.717) is 0 Å². The zero-order chi connectivity index (χ0) is 13.3. The van der Waals surface area contributed by atoms with Gasteiger partial charge < -0.3 is 0 Å². The zero-order valence-electron chi connectivity index (χ0n) is 11.9. The molecule has 0 amide bonds. The van der Waals surface area contributed by atoms with E-state index >= 15 is 0 Å². The van der Waals surface area contributed by atoms with Gasteiger partial charge in [-0.2, -0.15) is 0 Å². The van der Waals surface area contributed by atoms with E-state index in [9.17, 15) is 0 Å². The molecule has 0 unspecified atom stereocenters. The lowest BCUT2D eigenvalue weighted by Gasteiger charge is -2.25. The maximum atomic E-state index is 6.38. The van der Waals surface area contributed by atoms with Crippen LogP contribution >= 0.6 is 11.6 Å². The predicted molar refractivity (Wildman–Crippen MR) is 77.6 cm³/mol. The Morgan fingerprint density at radius 1 is 1.06 bits per heavy atom. The van der Waals surface area contributed by atoms with Gasteiger partial charge in [0.15, 0.2) is 0 Å². The fourth-order valence-electron chi connectivity index (χ4n) is 2.30. The van der Waals surface area contributed by atoms with Gasteiger partial charge in [-0.15, -0.1) is 11.6 Å². The summed E-state index contributed by atoms with van der Waals surface area (Å²) in [6.07, 6.45) is 1.11. The lowest BCUT2D eigenvalue weighted by Crippen LogP contribution is -2.20. The van der Waals surface area contributed by atoms with Gasteiger partial charge in [0.2, 0.25) is 0 Å². The van der Waals surface area contributed by atoms with Gasteiger partial charge in [0.05, 0.1) is 31.1 Å². The first-order valence-electron chi connectivity index (χ1n) is 6.22. The molecule has 0 atom stereocenters. The van der Waals surface area contributed by atoms with E-state index in [2.05, 4.69) is 52.0 Å². The van der Waals surface area contributed by atoms with E-state index in [4.69, 9.17) is 11.6 Å². The van der Waals surface area contributed by atoms with Crippen molar-refractivity contribution in [3.8, 4) is 0 Å². The SMILES string of the molecule is C[C+](C)CC(C)(C)c1cccc(C(C)(C)Cl)c1. The Balaban J connectivity index is 3.07. The average molecular weight is 252 g/mol. The minimum atomic E-state index is -0.295. The summed E-state index contributed by atoms with van der Waals surface area (Å²) >= 11 is 6.38. The van der Waals surface area contributed by atoms with E-state index in [0.717, 1.165) is 6.42 Å². The first-order chi connectivity index (χ1) is 7.63. The van der Waals surface area contributed by atoms with Gasteiger partial charge in [0.25, 0.3) is 0 Å². The molecule has 0 aromatic heterocycles. The summed E-state index contributed by atoms with van der Waals surface area (Å²) < 4.78 is 0. The van der Waals surface area contributed by atoms with E-state index in [1.54, 1.807) is 0 Å². The Hall–Kier alpha value is -0.620. The maximum absolute atomic E-state index is 6.38. The number of halogens is 1. The monoisotopic (exact) mass is 251 g/mol. The third-order valence-corrected chi connectivity index (χ3v) is 3.34. The largest absolute Gasteiger partial charge is 0.115 e. The molecule has 0 nitrogen and oxygen atoms in total. The Morgan fingerprint density at radius 3 is 2.06 bits per heavy atom. The number of hydrogen-bond donors (Lipinski definition) is 0. The molecule has 0 saturated heterocycles. The molecule has 0 aliphatic carbocycles. The van der Waals surface area contributed by atoms with Crippen LogP contribution < -0.4 is 0 Å². The predicted octanol–water partition coefficient (Wildman–Crippen LogP) is 5.44. The molecular weight excluding hydrogens is 228 g/mol. The average Bonchev–Trinajstić information content (AvgIpc) is 2.14. The molecule has 94 valence electrons. The van der Waals surface area contributed by atoms with Crippen molar-refractivity contribution < 1.29 is 0 Å². The molecule has 0 radical (unpaired) electrons. The molecule has 0 N–H and O–H groups in total. The topological polar surface area (TPSA) is 0 Å². The highest BCUT2D eigenvalue weighted by molar-refractivity contribution is 6.23. The van der Waals surface area contributed by atoms with Crippen molar-refractivity contribution in [3.05, 3.63) is 41.3 Å². The second-order valence-electron chi connectivity index (χ2n) is 6.32. The van der Waals surface area contributed by atoms with Crippen LogP contribution in [0.1, 0.15) is 59.1 Å². The third kappa shape index (κ3) is 3.96. The molecule has 0 aliphatic rings. The lowest BCUT2D eigenvalue weighted by molar-refractivity contribution is 0.491. The van der Waals surface area contributed by atoms with Gasteiger partial charge >= 0.3 is 0 Å². The Kier molecular flexibility index (Phi) is 4.19. The molecule has 17 heavy (non-hydrogen) atoms. The van der Waals surface area contributed by atoms with Gasteiger partial charge in [-0.25, -0.2) is 0 Å². The number of alkyl halides is 1.